The van der Waals surface area contributed by atoms with Crippen LogP contribution < -0.4 is 19.7 Å². The summed E-state index contributed by atoms with van der Waals surface area (Å²) >= 11 is 9.20. The van der Waals surface area contributed by atoms with Crippen molar-refractivity contribution in [3.63, 3.8) is 0 Å². The van der Waals surface area contributed by atoms with Gasteiger partial charge in [0, 0.05) is 28.0 Å². The number of nitrogens with zero attached hydrogens (tertiary/aromatic N) is 2. The number of anilines is 1. The number of hydrogen-bond acceptors (Lipinski definition) is 5. The fourth-order valence-corrected chi connectivity index (χ4v) is 5.19. The van der Waals surface area contributed by atoms with E-state index in [1.54, 1.807) is 12.3 Å². The van der Waals surface area contributed by atoms with Crippen LogP contribution in [0.15, 0.2) is 81.8 Å². The van der Waals surface area contributed by atoms with Gasteiger partial charge in [0.1, 0.15) is 23.4 Å². The van der Waals surface area contributed by atoms with Crippen LogP contribution in [0.5, 0.6) is 11.5 Å². The SMILES string of the molecule is Fc1ccc(-c2ccc(C3C(c4ccccn4)NC(=S)N3c3ccc4c(c3)OCO4)o2)c(Br)c1. The van der Waals surface area contributed by atoms with E-state index in [-0.39, 0.29) is 24.7 Å². The zero-order valence-corrected chi connectivity index (χ0v) is 20.0. The lowest BCUT2D eigenvalue weighted by atomic mass is 10.0. The summed E-state index contributed by atoms with van der Waals surface area (Å²) < 4.78 is 31.6. The van der Waals surface area contributed by atoms with Crippen molar-refractivity contribution < 1.29 is 18.3 Å². The van der Waals surface area contributed by atoms with Crippen molar-refractivity contribution in [1.29, 1.82) is 0 Å². The molecule has 0 bridgehead atoms. The standard InChI is InChI=1S/C25H17BrFN3O3S/c26-17-11-14(27)4-6-16(17)19-8-9-21(33-19)24-23(18-3-1-2-10-28-18)29-25(34)30(24)15-5-7-20-22(12-15)32-13-31-20/h1-12,23-24H,13H2,(H,29,34). The van der Waals surface area contributed by atoms with Crippen LogP contribution in [0.1, 0.15) is 23.5 Å². The molecular formula is C25H17BrFN3O3S. The summed E-state index contributed by atoms with van der Waals surface area (Å²) in [6.07, 6.45) is 1.75. The number of halogens is 2. The van der Waals surface area contributed by atoms with E-state index >= 15 is 0 Å². The smallest absolute Gasteiger partial charge is 0.231 e. The normalized spacial score (nSPS) is 18.9. The molecule has 170 valence electrons. The fraction of sp³-hybridized carbons (Fsp3) is 0.120. The Morgan fingerprint density at radius 1 is 1.03 bits per heavy atom. The molecule has 1 fully saturated rings. The van der Waals surface area contributed by atoms with Crippen LogP contribution in [0.25, 0.3) is 11.3 Å². The van der Waals surface area contributed by atoms with Crippen LogP contribution in [0.3, 0.4) is 0 Å². The van der Waals surface area contributed by atoms with Gasteiger partial charge < -0.3 is 24.1 Å². The summed E-state index contributed by atoms with van der Waals surface area (Å²) in [6, 6.07) is 19.2. The Hall–Kier alpha value is -3.43. The maximum Gasteiger partial charge on any atom is 0.231 e. The first-order chi connectivity index (χ1) is 16.6. The third-order valence-corrected chi connectivity index (χ3v) is 6.82. The quantitative estimate of drug-likeness (QED) is 0.313. The first-order valence-electron chi connectivity index (χ1n) is 10.5. The van der Waals surface area contributed by atoms with Gasteiger partial charge >= 0.3 is 0 Å². The maximum absolute atomic E-state index is 13.6. The molecule has 9 heteroatoms. The lowest BCUT2D eigenvalue weighted by molar-refractivity contribution is 0.174. The Labute approximate surface area is 208 Å². The van der Waals surface area contributed by atoms with Crippen molar-refractivity contribution in [1.82, 2.24) is 10.3 Å². The maximum atomic E-state index is 13.6. The summed E-state index contributed by atoms with van der Waals surface area (Å²) in [5, 5.41) is 3.95. The topological polar surface area (TPSA) is 59.8 Å². The molecule has 1 saturated heterocycles. The van der Waals surface area contributed by atoms with E-state index in [9.17, 15) is 4.39 Å². The largest absolute Gasteiger partial charge is 0.459 e. The van der Waals surface area contributed by atoms with Crippen molar-refractivity contribution in [2.45, 2.75) is 12.1 Å². The summed E-state index contributed by atoms with van der Waals surface area (Å²) in [4.78, 5) is 6.56. The minimum Gasteiger partial charge on any atom is -0.459 e. The van der Waals surface area contributed by atoms with Gasteiger partial charge in [-0.15, -0.1) is 0 Å². The summed E-state index contributed by atoms with van der Waals surface area (Å²) in [5.74, 6) is 2.34. The zero-order valence-electron chi connectivity index (χ0n) is 17.6. The Morgan fingerprint density at radius 3 is 2.74 bits per heavy atom. The molecule has 2 aromatic carbocycles. The molecule has 2 unspecified atom stereocenters. The number of thiocarbonyl (C=S) groups is 1. The van der Waals surface area contributed by atoms with E-state index in [1.165, 1.54) is 12.1 Å². The number of rotatable bonds is 4. The Morgan fingerprint density at radius 2 is 1.91 bits per heavy atom. The van der Waals surface area contributed by atoms with Crippen LogP contribution in [0.2, 0.25) is 0 Å². The van der Waals surface area contributed by atoms with Crippen molar-refractivity contribution >= 4 is 38.9 Å². The fourth-order valence-electron chi connectivity index (χ4n) is 4.30. The molecule has 2 aliphatic rings. The van der Waals surface area contributed by atoms with Gasteiger partial charge in [0.05, 0.1) is 11.7 Å². The van der Waals surface area contributed by atoms with Gasteiger partial charge in [-0.2, -0.15) is 0 Å². The second-order valence-electron chi connectivity index (χ2n) is 7.86. The zero-order chi connectivity index (χ0) is 23.2. The monoisotopic (exact) mass is 537 g/mol. The number of furan rings is 1. The van der Waals surface area contributed by atoms with Crippen LogP contribution in [0.4, 0.5) is 10.1 Å². The van der Waals surface area contributed by atoms with Gasteiger partial charge in [-0.25, -0.2) is 4.39 Å². The van der Waals surface area contributed by atoms with E-state index in [0.717, 1.165) is 16.9 Å². The first kappa shape index (κ1) is 21.1. The van der Waals surface area contributed by atoms with E-state index in [1.807, 2.05) is 53.4 Å². The first-order valence-corrected chi connectivity index (χ1v) is 11.7. The molecule has 6 nitrogen and oxygen atoms in total. The Kier molecular flexibility index (Phi) is 5.23. The van der Waals surface area contributed by atoms with Crippen molar-refractivity contribution in [3.05, 3.63) is 94.7 Å². The molecule has 2 aromatic heterocycles. The molecule has 34 heavy (non-hydrogen) atoms. The lowest BCUT2D eigenvalue weighted by Crippen LogP contribution is -2.29. The highest BCUT2D eigenvalue weighted by atomic mass is 79.9. The number of ether oxygens (including phenoxy) is 2. The van der Waals surface area contributed by atoms with Gasteiger partial charge in [-0.1, -0.05) is 6.07 Å². The average Bonchev–Trinajstić information content (AvgIpc) is 3.57. The van der Waals surface area contributed by atoms with Crippen LogP contribution in [-0.2, 0) is 0 Å². The average molecular weight is 538 g/mol. The molecule has 6 rings (SSSR count). The highest BCUT2D eigenvalue weighted by Crippen LogP contribution is 2.45. The van der Waals surface area contributed by atoms with Crippen LogP contribution in [0, 0.1) is 5.82 Å². The van der Waals surface area contributed by atoms with Crippen LogP contribution in [-0.4, -0.2) is 16.9 Å². The Bertz CT molecular complexity index is 1400. The lowest BCUT2D eigenvalue weighted by Gasteiger charge is -2.26. The summed E-state index contributed by atoms with van der Waals surface area (Å²) in [7, 11) is 0. The number of benzene rings is 2. The van der Waals surface area contributed by atoms with E-state index in [4.69, 9.17) is 26.1 Å². The van der Waals surface area contributed by atoms with Gasteiger partial charge in [-0.3, -0.25) is 4.98 Å². The van der Waals surface area contributed by atoms with Gasteiger partial charge in [0.25, 0.3) is 0 Å². The third kappa shape index (κ3) is 3.61. The number of fused-ring (bicyclic) bond motifs is 1. The Balaban J connectivity index is 1.45. The third-order valence-electron chi connectivity index (χ3n) is 5.85. The van der Waals surface area contributed by atoms with Gasteiger partial charge in [0.2, 0.25) is 6.79 Å². The predicted octanol–water partition coefficient (Wildman–Crippen LogP) is 6.15. The van der Waals surface area contributed by atoms with E-state index in [2.05, 4.69) is 26.2 Å². The summed E-state index contributed by atoms with van der Waals surface area (Å²) in [6.45, 7) is 0.190. The van der Waals surface area contributed by atoms with Crippen molar-refractivity contribution in [3.8, 4) is 22.8 Å². The molecule has 0 saturated carbocycles. The number of pyridine rings is 1. The highest BCUT2D eigenvalue weighted by Gasteiger charge is 2.43. The van der Waals surface area contributed by atoms with Crippen LogP contribution >= 0.6 is 28.1 Å². The number of nitrogens with one attached hydrogen (secondary N) is 1. The second-order valence-corrected chi connectivity index (χ2v) is 9.10. The molecule has 0 spiro atoms. The minimum absolute atomic E-state index is 0.190. The second kappa shape index (κ2) is 8.41. The summed E-state index contributed by atoms with van der Waals surface area (Å²) in [5.41, 5.74) is 2.43. The van der Waals surface area contributed by atoms with Gasteiger partial charge in [0.15, 0.2) is 16.6 Å². The highest BCUT2D eigenvalue weighted by molar-refractivity contribution is 9.10. The molecule has 4 aromatic rings. The molecule has 1 N–H and O–H groups in total. The number of hydrogen-bond donors (Lipinski definition) is 1. The predicted molar refractivity (Wildman–Crippen MR) is 132 cm³/mol. The minimum atomic E-state index is -0.323. The van der Waals surface area contributed by atoms with Gasteiger partial charge in [-0.05, 0) is 82.7 Å². The molecule has 0 aliphatic carbocycles. The molecule has 4 heterocycles. The molecular weight excluding hydrogens is 521 g/mol. The molecule has 2 atom stereocenters. The molecule has 0 radical (unpaired) electrons. The van der Waals surface area contributed by atoms with E-state index in [0.29, 0.717) is 32.6 Å². The molecule has 0 amide bonds. The van der Waals surface area contributed by atoms with Crippen molar-refractivity contribution in [2.24, 2.45) is 0 Å². The van der Waals surface area contributed by atoms with E-state index < -0.39 is 0 Å². The van der Waals surface area contributed by atoms with Crippen molar-refractivity contribution in [2.75, 3.05) is 11.7 Å². The number of aromatic nitrogens is 1. The molecule has 2 aliphatic heterocycles.